The van der Waals surface area contributed by atoms with Crippen molar-refractivity contribution >= 4 is 17.3 Å². The molecule has 0 spiro atoms. The van der Waals surface area contributed by atoms with Gasteiger partial charge in [0.25, 0.3) is 0 Å². The number of amides is 1. The van der Waals surface area contributed by atoms with Crippen LogP contribution in [0.2, 0.25) is 0 Å². The van der Waals surface area contributed by atoms with Gasteiger partial charge in [0, 0.05) is 17.9 Å². The number of rotatable bonds is 4. The summed E-state index contributed by atoms with van der Waals surface area (Å²) in [4.78, 5) is 14.6. The van der Waals surface area contributed by atoms with Crippen LogP contribution in [0.3, 0.4) is 0 Å². The third-order valence-corrected chi connectivity index (χ3v) is 4.27. The fraction of sp³-hybridized carbons (Fsp3) is 0.316. The van der Waals surface area contributed by atoms with Gasteiger partial charge in [0.15, 0.2) is 0 Å². The number of para-hydroxylation sites is 1. The molecular weight excluding hydrogens is 272 g/mol. The first-order valence-corrected chi connectivity index (χ1v) is 7.94. The SMILES string of the molecule is CCc1ccc(NC(C)C(=O)N2CCc3ccccc32)cc1. The van der Waals surface area contributed by atoms with E-state index in [0.29, 0.717) is 0 Å². The van der Waals surface area contributed by atoms with Gasteiger partial charge in [-0.1, -0.05) is 37.3 Å². The molecule has 1 unspecified atom stereocenters. The minimum absolute atomic E-state index is 0.129. The van der Waals surface area contributed by atoms with Crippen molar-refractivity contribution < 1.29 is 4.79 Å². The number of nitrogens with zero attached hydrogens (tertiary/aromatic N) is 1. The molecule has 2 aromatic rings. The van der Waals surface area contributed by atoms with E-state index in [1.54, 1.807) is 0 Å². The van der Waals surface area contributed by atoms with Crippen LogP contribution in [-0.2, 0) is 17.6 Å². The van der Waals surface area contributed by atoms with Crippen molar-refractivity contribution in [3.63, 3.8) is 0 Å². The summed E-state index contributed by atoms with van der Waals surface area (Å²) in [6.07, 6.45) is 1.97. The zero-order valence-corrected chi connectivity index (χ0v) is 13.2. The quantitative estimate of drug-likeness (QED) is 0.933. The van der Waals surface area contributed by atoms with Crippen LogP contribution in [0.4, 0.5) is 11.4 Å². The molecule has 114 valence electrons. The maximum absolute atomic E-state index is 12.7. The van der Waals surface area contributed by atoms with E-state index in [1.165, 1.54) is 11.1 Å². The van der Waals surface area contributed by atoms with Gasteiger partial charge >= 0.3 is 0 Å². The molecule has 0 aromatic heterocycles. The molecule has 3 rings (SSSR count). The average molecular weight is 294 g/mol. The van der Waals surface area contributed by atoms with Gasteiger partial charge < -0.3 is 10.2 Å². The van der Waals surface area contributed by atoms with Gasteiger partial charge in [-0.2, -0.15) is 0 Å². The van der Waals surface area contributed by atoms with Gasteiger partial charge in [-0.25, -0.2) is 0 Å². The molecule has 1 aliphatic rings. The van der Waals surface area contributed by atoms with E-state index in [4.69, 9.17) is 0 Å². The molecule has 1 aliphatic heterocycles. The molecule has 1 atom stereocenters. The van der Waals surface area contributed by atoms with E-state index in [-0.39, 0.29) is 11.9 Å². The summed E-state index contributed by atoms with van der Waals surface area (Å²) in [5.41, 5.74) is 4.61. The van der Waals surface area contributed by atoms with Crippen LogP contribution in [-0.4, -0.2) is 18.5 Å². The first kappa shape index (κ1) is 14.6. The van der Waals surface area contributed by atoms with E-state index in [9.17, 15) is 4.79 Å². The van der Waals surface area contributed by atoms with Crippen molar-refractivity contribution in [2.24, 2.45) is 0 Å². The molecule has 0 saturated carbocycles. The van der Waals surface area contributed by atoms with Gasteiger partial charge in [0.1, 0.15) is 6.04 Å². The van der Waals surface area contributed by atoms with Crippen molar-refractivity contribution in [2.75, 3.05) is 16.8 Å². The van der Waals surface area contributed by atoms with E-state index in [0.717, 1.165) is 30.8 Å². The third kappa shape index (κ3) is 2.84. The lowest BCUT2D eigenvalue weighted by molar-refractivity contribution is -0.118. The highest BCUT2D eigenvalue weighted by molar-refractivity contribution is 6.00. The second-order valence-electron chi connectivity index (χ2n) is 5.79. The van der Waals surface area contributed by atoms with Crippen LogP contribution in [0.1, 0.15) is 25.0 Å². The van der Waals surface area contributed by atoms with Gasteiger partial charge in [0.05, 0.1) is 0 Å². The summed E-state index contributed by atoms with van der Waals surface area (Å²) in [6, 6.07) is 16.2. The first-order chi connectivity index (χ1) is 10.7. The molecule has 1 heterocycles. The molecule has 0 fully saturated rings. The summed E-state index contributed by atoms with van der Waals surface area (Å²) < 4.78 is 0. The van der Waals surface area contributed by atoms with Crippen molar-refractivity contribution in [3.05, 3.63) is 59.7 Å². The predicted octanol–water partition coefficient (Wildman–Crippen LogP) is 3.64. The normalized spacial score (nSPS) is 14.5. The number of benzene rings is 2. The Morgan fingerprint density at radius 1 is 1.18 bits per heavy atom. The fourth-order valence-electron chi connectivity index (χ4n) is 2.95. The topological polar surface area (TPSA) is 32.3 Å². The molecular formula is C19H22N2O. The van der Waals surface area contributed by atoms with Crippen molar-refractivity contribution in [1.82, 2.24) is 0 Å². The number of hydrogen-bond donors (Lipinski definition) is 1. The smallest absolute Gasteiger partial charge is 0.249 e. The Bertz CT molecular complexity index is 663. The molecule has 0 aliphatic carbocycles. The van der Waals surface area contributed by atoms with Crippen LogP contribution < -0.4 is 10.2 Å². The van der Waals surface area contributed by atoms with Gasteiger partial charge in [-0.05, 0) is 49.1 Å². The molecule has 2 aromatic carbocycles. The number of carbonyl (C=O) groups excluding carboxylic acids is 1. The van der Waals surface area contributed by atoms with Crippen LogP contribution in [0, 0.1) is 0 Å². The number of carbonyl (C=O) groups is 1. The molecule has 0 bridgehead atoms. The molecule has 22 heavy (non-hydrogen) atoms. The average Bonchev–Trinajstić information content (AvgIpc) is 2.99. The standard InChI is InChI=1S/C19H22N2O/c1-3-15-8-10-17(11-9-15)20-14(2)19(22)21-13-12-16-6-4-5-7-18(16)21/h4-11,14,20H,3,12-13H2,1-2H3. The molecule has 0 saturated heterocycles. The lowest BCUT2D eigenvalue weighted by Gasteiger charge is -2.23. The molecule has 1 N–H and O–H groups in total. The second kappa shape index (κ2) is 6.22. The zero-order valence-electron chi connectivity index (χ0n) is 13.2. The van der Waals surface area contributed by atoms with Crippen LogP contribution in [0.15, 0.2) is 48.5 Å². The molecule has 3 nitrogen and oxygen atoms in total. The largest absolute Gasteiger partial charge is 0.374 e. The highest BCUT2D eigenvalue weighted by Gasteiger charge is 2.27. The number of aryl methyl sites for hydroxylation is 1. The summed E-state index contributed by atoms with van der Waals surface area (Å²) in [5.74, 6) is 0.129. The fourth-order valence-corrected chi connectivity index (χ4v) is 2.95. The highest BCUT2D eigenvalue weighted by atomic mass is 16.2. The van der Waals surface area contributed by atoms with Crippen molar-refractivity contribution in [2.45, 2.75) is 32.7 Å². The number of fused-ring (bicyclic) bond motifs is 1. The minimum Gasteiger partial charge on any atom is -0.374 e. The number of nitrogens with one attached hydrogen (secondary N) is 1. The van der Waals surface area contributed by atoms with Gasteiger partial charge in [0.2, 0.25) is 5.91 Å². The molecule has 3 heteroatoms. The second-order valence-corrected chi connectivity index (χ2v) is 5.79. The van der Waals surface area contributed by atoms with Gasteiger partial charge in [-0.15, -0.1) is 0 Å². The van der Waals surface area contributed by atoms with E-state index >= 15 is 0 Å². The van der Waals surface area contributed by atoms with Crippen molar-refractivity contribution in [1.29, 1.82) is 0 Å². The molecule has 1 amide bonds. The van der Waals surface area contributed by atoms with Crippen LogP contribution in [0.5, 0.6) is 0 Å². The van der Waals surface area contributed by atoms with Crippen molar-refractivity contribution in [3.8, 4) is 0 Å². The Hall–Kier alpha value is -2.29. The van der Waals surface area contributed by atoms with E-state index < -0.39 is 0 Å². The van der Waals surface area contributed by atoms with Crippen LogP contribution >= 0.6 is 0 Å². The maximum Gasteiger partial charge on any atom is 0.249 e. The first-order valence-electron chi connectivity index (χ1n) is 7.94. The summed E-state index contributed by atoms with van der Waals surface area (Å²) in [7, 11) is 0. The van der Waals surface area contributed by atoms with Gasteiger partial charge in [-0.3, -0.25) is 4.79 Å². The zero-order chi connectivity index (χ0) is 15.5. The lowest BCUT2D eigenvalue weighted by atomic mass is 10.1. The summed E-state index contributed by atoms with van der Waals surface area (Å²) in [5, 5.41) is 3.31. The Kier molecular flexibility index (Phi) is 4.14. The van der Waals surface area contributed by atoms with Crippen LogP contribution in [0.25, 0.3) is 0 Å². The van der Waals surface area contributed by atoms with E-state index in [1.807, 2.05) is 42.2 Å². The third-order valence-electron chi connectivity index (χ3n) is 4.27. The highest BCUT2D eigenvalue weighted by Crippen LogP contribution is 2.28. The Morgan fingerprint density at radius 3 is 2.64 bits per heavy atom. The molecule has 0 radical (unpaired) electrons. The predicted molar refractivity (Wildman–Crippen MR) is 91.4 cm³/mol. The Balaban J connectivity index is 1.70. The summed E-state index contributed by atoms with van der Waals surface area (Å²) >= 11 is 0. The Morgan fingerprint density at radius 2 is 1.91 bits per heavy atom. The monoisotopic (exact) mass is 294 g/mol. The Labute approximate surface area is 132 Å². The number of anilines is 2. The van der Waals surface area contributed by atoms with E-state index in [2.05, 4.69) is 30.4 Å². The summed E-state index contributed by atoms with van der Waals surface area (Å²) in [6.45, 7) is 4.84. The number of hydrogen-bond acceptors (Lipinski definition) is 2. The maximum atomic E-state index is 12.7. The minimum atomic E-state index is -0.237. The lowest BCUT2D eigenvalue weighted by Crippen LogP contribution is -2.40.